The maximum Gasteiger partial charge on any atom is 0.438 e. The number of halogens is 6. The Kier molecular flexibility index (Phi) is 7.83. The first-order chi connectivity index (χ1) is 17.4. The lowest BCUT2D eigenvalue weighted by molar-refractivity contribution is -0.362. The molecule has 4 aliphatic rings. The summed E-state index contributed by atoms with van der Waals surface area (Å²) in [6.45, 7) is 1.72. The van der Waals surface area contributed by atoms with Gasteiger partial charge in [0.2, 0.25) is 0 Å². The standard InChI is InChI=1S/C24H32F6O7S/c1-12(17-8-13-3-2-4-14(7-13)9-17)36-20(31)18-15-5-6-16(10-15)19(18)21(32)37-22(23(25,26)27,24(28,29)30)11-38(33,34)35/h12-19H,2-11H2,1H3,(H,33,34,35). The predicted octanol–water partition coefficient (Wildman–Crippen LogP) is 5.09. The van der Waals surface area contributed by atoms with E-state index in [1.807, 2.05) is 0 Å². The van der Waals surface area contributed by atoms with Crippen LogP contribution in [0.1, 0.15) is 64.7 Å². The van der Waals surface area contributed by atoms with Gasteiger partial charge in [0.1, 0.15) is 11.9 Å². The number of carbonyl (C=O) groups excluding carboxylic acids is 2. The SMILES string of the molecule is CC(OC(=O)C1C2CCC(C2)C1C(=O)OC(CS(=O)(=O)O)(C(F)(F)F)C(F)(F)F)C1CC2CCCC(C2)C1. The average Bonchev–Trinajstić information content (AvgIpc) is 3.37. The van der Waals surface area contributed by atoms with Crippen molar-refractivity contribution in [3.05, 3.63) is 0 Å². The number of alkyl halides is 6. The zero-order valence-electron chi connectivity index (χ0n) is 20.8. The van der Waals surface area contributed by atoms with Gasteiger partial charge in [-0.05, 0) is 75.0 Å². The second-order valence-electron chi connectivity index (χ2n) is 11.6. The summed E-state index contributed by atoms with van der Waals surface area (Å²) >= 11 is 0. The van der Waals surface area contributed by atoms with Crippen molar-refractivity contribution in [1.29, 1.82) is 0 Å². The molecule has 0 saturated heterocycles. The third kappa shape index (κ3) is 5.66. The van der Waals surface area contributed by atoms with Gasteiger partial charge in [-0.1, -0.05) is 19.3 Å². The number of rotatable bonds is 7. The topological polar surface area (TPSA) is 107 Å². The van der Waals surface area contributed by atoms with Gasteiger partial charge in [-0.2, -0.15) is 34.8 Å². The van der Waals surface area contributed by atoms with Crippen LogP contribution in [0.15, 0.2) is 0 Å². The van der Waals surface area contributed by atoms with Crippen molar-refractivity contribution in [3.8, 4) is 0 Å². The van der Waals surface area contributed by atoms with Gasteiger partial charge in [0.25, 0.3) is 10.1 Å². The molecular formula is C24H32F6O7S. The smallest absolute Gasteiger partial charge is 0.438 e. The molecule has 0 aromatic rings. The molecular weight excluding hydrogens is 546 g/mol. The number of hydrogen-bond donors (Lipinski definition) is 1. The molecule has 0 aliphatic heterocycles. The van der Waals surface area contributed by atoms with Gasteiger partial charge in [-0.3, -0.25) is 14.1 Å². The van der Waals surface area contributed by atoms with Gasteiger partial charge in [0.15, 0.2) is 0 Å². The monoisotopic (exact) mass is 578 g/mol. The molecule has 4 bridgehead atoms. The summed E-state index contributed by atoms with van der Waals surface area (Å²) in [7, 11) is -5.90. The van der Waals surface area contributed by atoms with E-state index in [4.69, 9.17) is 9.29 Å². The van der Waals surface area contributed by atoms with Crippen LogP contribution in [0.5, 0.6) is 0 Å². The van der Waals surface area contributed by atoms with Crippen LogP contribution in [-0.2, 0) is 29.2 Å². The van der Waals surface area contributed by atoms with Crippen molar-refractivity contribution in [2.45, 2.75) is 88.8 Å². The van der Waals surface area contributed by atoms with Crippen LogP contribution in [0.3, 0.4) is 0 Å². The maximum atomic E-state index is 13.7. The van der Waals surface area contributed by atoms with Gasteiger partial charge in [-0.15, -0.1) is 0 Å². The number of fused-ring (bicyclic) bond motifs is 4. The van der Waals surface area contributed by atoms with Crippen LogP contribution in [0.4, 0.5) is 26.3 Å². The van der Waals surface area contributed by atoms with Crippen molar-refractivity contribution >= 4 is 22.1 Å². The van der Waals surface area contributed by atoms with Crippen LogP contribution in [0.25, 0.3) is 0 Å². The van der Waals surface area contributed by atoms with Crippen molar-refractivity contribution in [1.82, 2.24) is 0 Å². The lowest BCUT2D eigenvalue weighted by Crippen LogP contribution is -2.64. The van der Waals surface area contributed by atoms with E-state index in [0.717, 1.165) is 38.5 Å². The number of esters is 2. The zero-order valence-corrected chi connectivity index (χ0v) is 21.6. The first-order valence-corrected chi connectivity index (χ1v) is 14.5. The van der Waals surface area contributed by atoms with Crippen LogP contribution in [0, 0.1) is 41.4 Å². The van der Waals surface area contributed by atoms with Crippen LogP contribution < -0.4 is 0 Å². The van der Waals surface area contributed by atoms with E-state index in [1.165, 1.54) is 0 Å². The Morgan fingerprint density at radius 2 is 1.34 bits per heavy atom. The molecule has 4 saturated carbocycles. The van der Waals surface area contributed by atoms with Gasteiger partial charge in [-0.25, -0.2) is 0 Å². The third-order valence-corrected chi connectivity index (χ3v) is 9.94. The fraction of sp³-hybridized carbons (Fsp3) is 0.917. The van der Waals surface area contributed by atoms with E-state index in [2.05, 4.69) is 4.74 Å². The fourth-order valence-electron chi connectivity index (χ4n) is 7.46. The van der Waals surface area contributed by atoms with Gasteiger partial charge in [0.05, 0.1) is 11.8 Å². The van der Waals surface area contributed by atoms with Crippen LogP contribution in [0.2, 0.25) is 0 Å². The summed E-state index contributed by atoms with van der Waals surface area (Å²) in [5, 5.41) is 0. The molecule has 7 unspecified atom stereocenters. The molecule has 38 heavy (non-hydrogen) atoms. The molecule has 4 fully saturated rings. The molecule has 0 heterocycles. The summed E-state index contributed by atoms with van der Waals surface area (Å²) < 4.78 is 123. The Labute approximate surface area is 216 Å². The average molecular weight is 579 g/mol. The Bertz CT molecular complexity index is 1000. The third-order valence-electron chi connectivity index (χ3n) is 9.17. The highest BCUT2D eigenvalue weighted by Gasteiger charge is 2.76. The maximum absolute atomic E-state index is 13.7. The van der Waals surface area contributed by atoms with E-state index < -0.39 is 75.5 Å². The Morgan fingerprint density at radius 1 is 0.842 bits per heavy atom. The molecule has 7 atom stereocenters. The highest BCUT2D eigenvalue weighted by atomic mass is 32.2. The van der Waals surface area contributed by atoms with Crippen molar-refractivity contribution in [2.24, 2.45) is 41.4 Å². The fourth-order valence-corrected chi connectivity index (χ4v) is 8.36. The van der Waals surface area contributed by atoms with E-state index in [1.54, 1.807) is 6.92 Å². The molecule has 0 radical (unpaired) electrons. The molecule has 0 aromatic carbocycles. The van der Waals surface area contributed by atoms with Crippen LogP contribution in [-0.4, -0.2) is 54.7 Å². The summed E-state index contributed by atoms with van der Waals surface area (Å²) in [5.41, 5.74) is -5.49. The summed E-state index contributed by atoms with van der Waals surface area (Å²) in [6.07, 6.45) is -6.21. The van der Waals surface area contributed by atoms with Crippen molar-refractivity contribution in [2.75, 3.05) is 5.75 Å². The Balaban J connectivity index is 1.54. The summed E-state index contributed by atoms with van der Waals surface area (Å²) in [5.74, 6) is -8.78. The van der Waals surface area contributed by atoms with E-state index >= 15 is 0 Å². The Morgan fingerprint density at radius 3 is 1.82 bits per heavy atom. The highest BCUT2D eigenvalue weighted by molar-refractivity contribution is 7.85. The second kappa shape index (κ2) is 10.1. The van der Waals surface area contributed by atoms with E-state index in [9.17, 15) is 44.3 Å². The number of ether oxygens (including phenoxy) is 2. The molecule has 1 N–H and O–H groups in total. The zero-order chi connectivity index (χ0) is 28.3. The summed E-state index contributed by atoms with van der Waals surface area (Å²) in [6, 6.07) is 0. The van der Waals surface area contributed by atoms with Crippen LogP contribution >= 0.6 is 0 Å². The lowest BCUT2D eigenvalue weighted by Gasteiger charge is -2.41. The molecule has 4 rings (SSSR count). The quantitative estimate of drug-likeness (QED) is 0.255. The van der Waals surface area contributed by atoms with Gasteiger partial charge in [0, 0.05) is 0 Å². The lowest BCUT2D eigenvalue weighted by atomic mass is 9.67. The minimum atomic E-state index is -6.42. The van der Waals surface area contributed by atoms with Crippen molar-refractivity contribution < 1.29 is 58.4 Å². The number of hydrogen-bond acceptors (Lipinski definition) is 6. The minimum Gasteiger partial charge on any atom is -0.462 e. The first kappa shape index (κ1) is 29.4. The first-order valence-electron chi connectivity index (χ1n) is 12.9. The molecule has 4 aliphatic carbocycles. The minimum absolute atomic E-state index is 0.0739. The molecule has 7 nitrogen and oxygen atoms in total. The van der Waals surface area contributed by atoms with Crippen molar-refractivity contribution in [3.63, 3.8) is 0 Å². The Hall–Kier alpha value is -1.57. The van der Waals surface area contributed by atoms with E-state index in [-0.39, 0.29) is 12.3 Å². The number of carbonyl (C=O) groups is 2. The summed E-state index contributed by atoms with van der Waals surface area (Å²) in [4.78, 5) is 26.2. The molecule has 0 amide bonds. The molecule has 0 aromatic heterocycles. The molecule has 218 valence electrons. The predicted molar refractivity (Wildman–Crippen MR) is 119 cm³/mol. The highest BCUT2D eigenvalue weighted by Crippen LogP contribution is 2.55. The second-order valence-corrected chi connectivity index (χ2v) is 13.1. The molecule has 14 heteroatoms. The normalized spacial score (nSPS) is 34.6. The van der Waals surface area contributed by atoms with Gasteiger partial charge < -0.3 is 9.47 Å². The largest absolute Gasteiger partial charge is 0.462 e. The molecule has 0 spiro atoms. The van der Waals surface area contributed by atoms with Gasteiger partial charge >= 0.3 is 29.9 Å². The van der Waals surface area contributed by atoms with E-state index in [0.29, 0.717) is 24.7 Å².